The van der Waals surface area contributed by atoms with Crippen molar-refractivity contribution in [2.45, 2.75) is 17.6 Å². The number of benzene rings is 1. The van der Waals surface area contributed by atoms with Gasteiger partial charge in [0.05, 0.1) is 14.2 Å². The van der Waals surface area contributed by atoms with Crippen LogP contribution < -0.4 is 14.2 Å². The smallest absolute Gasteiger partial charge is 0.250 e. The SMILES string of the molecule is COc1cc(C)c(CCNS(=O)(=O)c2cccs2)cc1OC. The van der Waals surface area contributed by atoms with Gasteiger partial charge in [-0.05, 0) is 48.1 Å². The first-order valence-corrected chi connectivity index (χ1v) is 9.09. The largest absolute Gasteiger partial charge is 0.493 e. The molecule has 7 heteroatoms. The van der Waals surface area contributed by atoms with E-state index in [0.29, 0.717) is 28.7 Å². The highest BCUT2D eigenvalue weighted by Crippen LogP contribution is 2.30. The number of thiophene rings is 1. The van der Waals surface area contributed by atoms with Gasteiger partial charge in [-0.2, -0.15) is 0 Å². The molecule has 0 amide bonds. The Bertz CT molecular complexity index is 724. The Labute approximate surface area is 134 Å². The molecular formula is C15H19NO4S2. The average molecular weight is 341 g/mol. The zero-order chi connectivity index (χ0) is 16.2. The number of methoxy groups -OCH3 is 2. The molecule has 22 heavy (non-hydrogen) atoms. The van der Waals surface area contributed by atoms with Crippen LogP contribution in [0, 0.1) is 6.92 Å². The van der Waals surface area contributed by atoms with Gasteiger partial charge in [-0.25, -0.2) is 13.1 Å². The van der Waals surface area contributed by atoms with Crippen LogP contribution in [-0.2, 0) is 16.4 Å². The number of ether oxygens (including phenoxy) is 2. The average Bonchev–Trinajstić information content (AvgIpc) is 3.03. The van der Waals surface area contributed by atoms with E-state index >= 15 is 0 Å². The van der Waals surface area contributed by atoms with Gasteiger partial charge in [-0.15, -0.1) is 11.3 Å². The van der Waals surface area contributed by atoms with E-state index in [1.54, 1.807) is 31.7 Å². The molecule has 120 valence electrons. The summed E-state index contributed by atoms with van der Waals surface area (Å²) in [5, 5.41) is 1.74. The molecule has 2 rings (SSSR count). The van der Waals surface area contributed by atoms with Crippen LogP contribution in [0.25, 0.3) is 0 Å². The van der Waals surface area contributed by atoms with Crippen LogP contribution in [0.1, 0.15) is 11.1 Å². The molecule has 0 unspecified atom stereocenters. The lowest BCUT2D eigenvalue weighted by atomic mass is 10.0. The van der Waals surface area contributed by atoms with E-state index in [4.69, 9.17) is 9.47 Å². The summed E-state index contributed by atoms with van der Waals surface area (Å²) in [6.07, 6.45) is 0.580. The minimum Gasteiger partial charge on any atom is -0.493 e. The Morgan fingerprint density at radius 1 is 1.18 bits per heavy atom. The Kier molecular flexibility index (Phi) is 5.44. The summed E-state index contributed by atoms with van der Waals surface area (Å²) in [5.74, 6) is 1.31. The highest BCUT2D eigenvalue weighted by molar-refractivity contribution is 7.91. The number of hydrogen-bond acceptors (Lipinski definition) is 5. The van der Waals surface area contributed by atoms with E-state index in [1.807, 2.05) is 19.1 Å². The molecule has 0 atom stereocenters. The third-order valence-electron chi connectivity index (χ3n) is 3.29. The maximum Gasteiger partial charge on any atom is 0.250 e. The normalized spacial score (nSPS) is 11.4. The summed E-state index contributed by atoms with van der Waals surface area (Å²) >= 11 is 1.20. The van der Waals surface area contributed by atoms with Crippen molar-refractivity contribution in [2.24, 2.45) is 0 Å². The molecule has 0 spiro atoms. The molecular weight excluding hydrogens is 322 g/mol. The first-order valence-electron chi connectivity index (χ1n) is 6.72. The second-order valence-corrected chi connectivity index (χ2v) is 7.66. The maximum absolute atomic E-state index is 12.0. The van der Waals surface area contributed by atoms with E-state index < -0.39 is 10.0 Å². The zero-order valence-electron chi connectivity index (χ0n) is 12.8. The molecule has 0 radical (unpaired) electrons. The summed E-state index contributed by atoms with van der Waals surface area (Å²) in [7, 11) is -0.247. The minimum absolute atomic E-state index is 0.330. The Morgan fingerprint density at radius 2 is 1.86 bits per heavy atom. The molecule has 0 saturated heterocycles. The summed E-state index contributed by atoms with van der Waals surface area (Å²) < 4.78 is 37.6. The van der Waals surface area contributed by atoms with Crippen molar-refractivity contribution in [1.82, 2.24) is 4.72 Å². The molecule has 0 fully saturated rings. The van der Waals surface area contributed by atoms with E-state index in [0.717, 1.165) is 11.1 Å². The van der Waals surface area contributed by atoms with Crippen LogP contribution in [-0.4, -0.2) is 29.2 Å². The fourth-order valence-corrected chi connectivity index (χ4v) is 4.17. The summed E-state index contributed by atoms with van der Waals surface area (Å²) in [6.45, 7) is 2.29. The van der Waals surface area contributed by atoms with Gasteiger partial charge >= 0.3 is 0 Å². The summed E-state index contributed by atoms with van der Waals surface area (Å²) in [6, 6.07) is 7.09. The van der Waals surface area contributed by atoms with Crippen LogP contribution >= 0.6 is 11.3 Å². The fraction of sp³-hybridized carbons (Fsp3) is 0.333. The molecule has 0 aliphatic heterocycles. The Balaban J connectivity index is 2.06. The lowest BCUT2D eigenvalue weighted by molar-refractivity contribution is 0.354. The second kappa shape index (κ2) is 7.13. The lowest BCUT2D eigenvalue weighted by Gasteiger charge is -2.13. The van der Waals surface area contributed by atoms with Crippen LogP contribution in [0.15, 0.2) is 33.9 Å². The number of aryl methyl sites for hydroxylation is 1. The van der Waals surface area contributed by atoms with Crippen LogP contribution in [0.4, 0.5) is 0 Å². The number of nitrogens with one attached hydrogen (secondary N) is 1. The van der Waals surface area contributed by atoms with Crippen molar-refractivity contribution in [3.05, 3.63) is 40.8 Å². The first-order chi connectivity index (χ1) is 10.5. The third kappa shape index (κ3) is 3.79. The van der Waals surface area contributed by atoms with Gasteiger partial charge in [0.1, 0.15) is 4.21 Å². The van der Waals surface area contributed by atoms with Crippen molar-refractivity contribution in [1.29, 1.82) is 0 Å². The number of sulfonamides is 1. The second-order valence-electron chi connectivity index (χ2n) is 4.71. The quantitative estimate of drug-likeness (QED) is 0.841. The molecule has 1 aromatic heterocycles. The van der Waals surface area contributed by atoms with Crippen LogP contribution in [0.3, 0.4) is 0 Å². The van der Waals surface area contributed by atoms with Crippen molar-refractivity contribution < 1.29 is 17.9 Å². The van der Waals surface area contributed by atoms with Crippen molar-refractivity contribution in [2.75, 3.05) is 20.8 Å². The number of hydrogen-bond donors (Lipinski definition) is 1. The van der Waals surface area contributed by atoms with Crippen molar-refractivity contribution in [3.8, 4) is 11.5 Å². The Hall–Kier alpha value is -1.57. The van der Waals surface area contributed by atoms with Gasteiger partial charge in [0.2, 0.25) is 10.0 Å². The molecule has 1 heterocycles. The first kappa shape index (κ1) is 16.8. The molecule has 1 aromatic carbocycles. The van der Waals surface area contributed by atoms with E-state index in [9.17, 15) is 8.42 Å². The predicted octanol–water partition coefficient (Wildman–Crippen LogP) is 2.59. The molecule has 0 aliphatic rings. The Morgan fingerprint density at radius 3 is 2.45 bits per heavy atom. The van der Waals surface area contributed by atoms with Gasteiger partial charge in [0.25, 0.3) is 0 Å². The van der Waals surface area contributed by atoms with Gasteiger partial charge in [0.15, 0.2) is 11.5 Å². The monoisotopic (exact) mass is 341 g/mol. The molecule has 2 aromatic rings. The fourth-order valence-electron chi connectivity index (χ4n) is 2.10. The van der Waals surface area contributed by atoms with Gasteiger partial charge in [0, 0.05) is 6.54 Å². The topological polar surface area (TPSA) is 64.6 Å². The minimum atomic E-state index is -3.42. The molecule has 0 saturated carbocycles. The van der Waals surface area contributed by atoms with Crippen LogP contribution in [0.5, 0.6) is 11.5 Å². The van der Waals surface area contributed by atoms with E-state index in [2.05, 4.69) is 4.72 Å². The van der Waals surface area contributed by atoms with Crippen LogP contribution in [0.2, 0.25) is 0 Å². The highest BCUT2D eigenvalue weighted by Gasteiger charge is 2.15. The lowest BCUT2D eigenvalue weighted by Crippen LogP contribution is -2.25. The van der Waals surface area contributed by atoms with Gasteiger partial charge in [-0.1, -0.05) is 6.07 Å². The maximum atomic E-state index is 12.0. The highest BCUT2D eigenvalue weighted by atomic mass is 32.2. The van der Waals surface area contributed by atoms with Crippen molar-refractivity contribution in [3.63, 3.8) is 0 Å². The zero-order valence-corrected chi connectivity index (χ0v) is 14.4. The van der Waals surface area contributed by atoms with Crippen molar-refractivity contribution >= 4 is 21.4 Å². The van der Waals surface area contributed by atoms with E-state index in [-0.39, 0.29) is 0 Å². The summed E-state index contributed by atoms with van der Waals surface area (Å²) in [4.78, 5) is 0. The third-order valence-corrected chi connectivity index (χ3v) is 6.15. The standard InChI is InChI=1S/C15H19NO4S2/c1-11-9-13(19-2)14(20-3)10-12(11)6-7-16-22(17,18)15-5-4-8-21-15/h4-5,8-10,16H,6-7H2,1-3H3. The molecule has 0 bridgehead atoms. The molecule has 5 nitrogen and oxygen atoms in total. The van der Waals surface area contributed by atoms with Gasteiger partial charge < -0.3 is 9.47 Å². The summed E-state index contributed by atoms with van der Waals surface area (Å²) in [5.41, 5.74) is 2.06. The van der Waals surface area contributed by atoms with E-state index in [1.165, 1.54) is 11.3 Å². The molecule has 1 N–H and O–H groups in total. The van der Waals surface area contributed by atoms with Gasteiger partial charge in [-0.3, -0.25) is 0 Å². The molecule has 0 aliphatic carbocycles. The number of rotatable bonds is 7. The predicted molar refractivity (Wildman–Crippen MR) is 87.5 cm³/mol.